The van der Waals surface area contributed by atoms with Crippen LogP contribution in [-0.4, -0.2) is 16.5 Å². The van der Waals surface area contributed by atoms with Gasteiger partial charge in [0.2, 0.25) is 0 Å². The number of para-hydroxylation sites is 2. The van der Waals surface area contributed by atoms with Gasteiger partial charge >= 0.3 is 0 Å². The minimum Gasteiger partial charge on any atom is -0.368 e. The van der Waals surface area contributed by atoms with Crippen LogP contribution in [-0.2, 0) is 6.42 Å². The second-order valence-corrected chi connectivity index (χ2v) is 5.31. The lowest BCUT2D eigenvalue weighted by Crippen LogP contribution is -2.08. The maximum absolute atomic E-state index is 4.65. The molecule has 2 aromatic carbocycles. The van der Waals surface area contributed by atoms with Gasteiger partial charge in [-0.2, -0.15) is 0 Å². The number of hydrogen-bond donors (Lipinski definition) is 1. The highest BCUT2D eigenvalue weighted by Crippen LogP contribution is 2.16. The van der Waals surface area contributed by atoms with E-state index in [4.69, 9.17) is 0 Å². The summed E-state index contributed by atoms with van der Waals surface area (Å²) < 4.78 is 0. The first-order valence-electron chi connectivity index (χ1n) is 7.25. The Kier molecular flexibility index (Phi) is 3.82. The van der Waals surface area contributed by atoms with E-state index in [0.717, 1.165) is 35.5 Å². The van der Waals surface area contributed by atoms with Crippen molar-refractivity contribution in [1.29, 1.82) is 0 Å². The number of aryl methyl sites for hydroxylation is 2. The Morgan fingerprint density at radius 2 is 1.67 bits per heavy atom. The molecule has 0 aliphatic heterocycles. The van der Waals surface area contributed by atoms with Crippen molar-refractivity contribution in [3.8, 4) is 0 Å². The molecule has 1 N–H and O–H groups in total. The van der Waals surface area contributed by atoms with Crippen LogP contribution >= 0.6 is 0 Å². The van der Waals surface area contributed by atoms with Crippen molar-refractivity contribution < 1.29 is 0 Å². The van der Waals surface area contributed by atoms with E-state index in [1.54, 1.807) is 0 Å². The van der Waals surface area contributed by atoms with Crippen LogP contribution in [0.15, 0.2) is 48.5 Å². The second kappa shape index (κ2) is 5.92. The summed E-state index contributed by atoms with van der Waals surface area (Å²) in [7, 11) is 0. The zero-order valence-corrected chi connectivity index (χ0v) is 12.4. The summed E-state index contributed by atoms with van der Waals surface area (Å²) in [5, 5.41) is 3.40. The average molecular weight is 277 g/mol. The van der Waals surface area contributed by atoms with E-state index in [-0.39, 0.29) is 0 Å². The molecule has 0 aliphatic rings. The summed E-state index contributed by atoms with van der Waals surface area (Å²) in [4.78, 5) is 9.24. The van der Waals surface area contributed by atoms with Crippen LogP contribution in [0, 0.1) is 13.8 Å². The van der Waals surface area contributed by atoms with Crippen molar-refractivity contribution in [1.82, 2.24) is 9.97 Å². The first-order valence-corrected chi connectivity index (χ1v) is 7.25. The van der Waals surface area contributed by atoms with Gasteiger partial charge in [-0.05, 0) is 38.0 Å². The van der Waals surface area contributed by atoms with Gasteiger partial charge in [0.25, 0.3) is 0 Å². The number of benzene rings is 2. The number of hydrogen-bond acceptors (Lipinski definition) is 3. The largest absolute Gasteiger partial charge is 0.368 e. The Bertz CT molecular complexity index is 765. The van der Waals surface area contributed by atoms with Crippen molar-refractivity contribution in [2.45, 2.75) is 20.3 Å². The number of anilines is 1. The van der Waals surface area contributed by atoms with Gasteiger partial charge in [0, 0.05) is 6.54 Å². The van der Waals surface area contributed by atoms with Crippen LogP contribution in [0.3, 0.4) is 0 Å². The molecule has 0 aliphatic carbocycles. The molecule has 0 fully saturated rings. The van der Waals surface area contributed by atoms with Gasteiger partial charge < -0.3 is 5.32 Å². The highest BCUT2D eigenvalue weighted by molar-refractivity contribution is 5.76. The highest BCUT2D eigenvalue weighted by Gasteiger charge is 2.04. The minimum absolute atomic E-state index is 0.858. The van der Waals surface area contributed by atoms with Crippen LogP contribution in [0.5, 0.6) is 0 Å². The monoisotopic (exact) mass is 277 g/mol. The van der Waals surface area contributed by atoms with E-state index in [1.165, 1.54) is 11.1 Å². The molecule has 1 aromatic heterocycles. The smallest absolute Gasteiger partial charge is 0.148 e. The molecule has 1 heterocycles. The maximum atomic E-state index is 4.65. The minimum atomic E-state index is 0.858. The molecule has 0 unspecified atom stereocenters. The van der Waals surface area contributed by atoms with Crippen LogP contribution < -0.4 is 5.32 Å². The van der Waals surface area contributed by atoms with E-state index >= 15 is 0 Å². The summed E-state index contributed by atoms with van der Waals surface area (Å²) in [5.74, 6) is 0.876. The third-order valence-corrected chi connectivity index (χ3v) is 3.53. The summed E-state index contributed by atoms with van der Waals surface area (Å²) >= 11 is 0. The summed E-state index contributed by atoms with van der Waals surface area (Å²) in [5.41, 5.74) is 5.46. The molecule has 21 heavy (non-hydrogen) atoms. The van der Waals surface area contributed by atoms with Gasteiger partial charge in [0.05, 0.1) is 16.7 Å². The molecule has 0 saturated heterocycles. The molecule has 0 saturated carbocycles. The molecule has 3 rings (SSSR count). The number of aromatic nitrogens is 2. The maximum Gasteiger partial charge on any atom is 0.148 e. The Labute approximate surface area is 125 Å². The Hall–Kier alpha value is -2.42. The Morgan fingerprint density at radius 3 is 2.43 bits per heavy atom. The predicted octanol–water partition coefficient (Wildman–Crippen LogP) is 3.90. The van der Waals surface area contributed by atoms with E-state index in [1.807, 2.05) is 31.2 Å². The van der Waals surface area contributed by atoms with Crippen molar-refractivity contribution in [2.75, 3.05) is 11.9 Å². The van der Waals surface area contributed by atoms with Gasteiger partial charge in [0.15, 0.2) is 0 Å². The fourth-order valence-electron chi connectivity index (χ4n) is 2.45. The summed E-state index contributed by atoms with van der Waals surface area (Å²) in [6.07, 6.45) is 0.982. The van der Waals surface area contributed by atoms with Crippen molar-refractivity contribution in [3.63, 3.8) is 0 Å². The lowest BCUT2D eigenvalue weighted by molar-refractivity contribution is 0.995. The van der Waals surface area contributed by atoms with Gasteiger partial charge in [-0.15, -0.1) is 0 Å². The average Bonchev–Trinajstić information content (AvgIpc) is 2.48. The van der Waals surface area contributed by atoms with Crippen molar-refractivity contribution in [2.24, 2.45) is 0 Å². The lowest BCUT2D eigenvalue weighted by Gasteiger charge is -2.09. The molecule has 3 heteroatoms. The zero-order valence-electron chi connectivity index (χ0n) is 12.4. The third kappa shape index (κ3) is 3.19. The topological polar surface area (TPSA) is 37.8 Å². The molecule has 0 radical (unpaired) electrons. The highest BCUT2D eigenvalue weighted by atomic mass is 15.0. The fraction of sp³-hybridized carbons (Fsp3) is 0.222. The van der Waals surface area contributed by atoms with Crippen LogP contribution in [0.25, 0.3) is 11.0 Å². The second-order valence-electron chi connectivity index (χ2n) is 5.31. The first-order chi connectivity index (χ1) is 10.2. The van der Waals surface area contributed by atoms with E-state index < -0.39 is 0 Å². The Morgan fingerprint density at radius 1 is 0.905 bits per heavy atom. The van der Waals surface area contributed by atoms with Gasteiger partial charge in [-0.25, -0.2) is 9.97 Å². The quantitative estimate of drug-likeness (QED) is 0.786. The zero-order chi connectivity index (χ0) is 14.7. The SMILES string of the molecule is Cc1cccc(CCNc2nc3ccccc3nc2C)c1. The fourth-order valence-corrected chi connectivity index (χ4v) is 2.45. The molecule has 106 valence electrons. The number of nitrogens with zero attached hydrogens (tertiary/aromatic N) is 2. The van der Waals surface area contributed by atoms with E-state index in [9.17, 15) is 0 Å². The molecule has 0 spiro atoms. The van der Waals surface area contributed by atoms with Crippen molar-refractivity contribution >= 4 is 16.9 Å². The molecule has 0 atom stereocenters. The third-order valence-electron chi connectivity index (χ3n) is 3.53. The molecule has 3 nitrogen and oxygen atoms in total. The predicted molar refractivity (Wildman–Crippen MR) is 87.6 cm³/mol. The van der Waals surface area contributed by atoms with Crippen molar-refractivity contribution in [3.05, 3.63) is 65.4 Å². The normalized spacial score (nSPS) is 10.8. The van der Waals surface area contributed by atoms with E-state index in [2.05, 4.69) is 46.5 Å². The molecule has 3 aromatic rings. The first kappa shape index (κ1) is 13.6. The molecule has 0 bridgehead atoms. The van der Waals surface area contributed by atoms with Crippen LogP contribution in [0.2, 0.25) is 0 Å². The standard InChI is InChI=1S/C18H19N3/c1-13-6-5-7-15(12-13)10-11-19-18-14(2)20-16-8-3-4-9-17(16)21-18/h3-9,12H,10-11H2,1-2H3,(H,19,21). The number of fused-ring (bicyclic) bond motifs is 1. The van der Waals surface area contributed by atoms with E-state index in [0.29, 0.717) is 0 Å². The van der Waals surface area contributed by atoms with Crippen LogP contribution in [0.1, 0.15) is 16.8 Å². The Balaban J connectivity index is 1.71. The van der Waals surface area contributed by atoms with Gasteiger partial charge in [0.1, 0.15) is 5.82 Å². The molecular weight excluding hydrogens is 258 g/mol. The summed E-state index contributed by atoms with van der Waals surface area (Å²) in [6.45, 7) is 4.97. The number of rotatable bonds is 4. The lowest BCUT2D eigenvalue weighted by atomic mass is 10.1. The van der Waals surface area contributed by atoms with Gasteiger partial charge in [-0.3, -0.25) is 0 Å². The van der Waals surface area contributed by atoms with Crippen LogP contribution in [0.4, 0.5) is 5.82 Å². The van der Waals surface area contributed by atoms with Gasteiger partial charge in [-0.1, -0.05) is 42.0 Å². The summed E-state index contributed by atoms with van der Waals surface area (Å²) in [6, 6.07) is 16.6. The molecular formula is C18H19N3. The number of nitrogens with one attached hydrogen (secondary N) is 1. The molecule has 0 amide bonds.